The Bertz CT molecular complexity index is 262. The van der Waals surface area contributed by atoms with Crippen LogP contribution in [-0.4, -0.2) is 10.2 Å². The molecule has 0 unspecified atom stereocenters. The van der Waals surface area contributed by atoms with Crippen molar-refractivity contribution in [3.05, 3.63) is 23.2 Å². The van der Waals surface area contributed by atoms with E-state index in [2.05, 4.69) is 28.5 Å². The first-order valence-electron chi connectivity index (χ1n) is 3.39. The van der Waals surface area contributed by atoms with E-state index in [-0.39, 0.29) is 0 Å². The molecule has 1 aromatic heterocycles. The second-order valence-corrected chi connectivity index (χ2v) is 3.86. The van der Waals surface area contributed by atoms with Gasteiger partial charge in [0.2, 0.25) is 0 Å². The maximum Gasteiger partial charge on any atom is 0.0525 e. The lowest BCUT2D eigenvalue weighted by molar-refractivity contribution is 1.57. The Kier molecular flexibility index (Phi) is 3.47. The summed E-state index contributed by atoms with van der Waals surface area (Å²) in [5.74, 6) is 2.18. The Morgan fingerprint density at radius 3 is 3.09 bits per heavy atom. The molecule has 0 aromatic carbocycles. The molecule has 0 aliphatic heterocycles. The van der Waals surface area contributed by atoms with E-state index < -0.39 is 0 Å². The first kappa shape index (κ1) is 8.63. The van der Waals surface area contributed by atoms with Crippen LogP contribution >= 0.6 is 19.7 Å². The van der Waals surface area contributed by atoms with Crippen molar-refractivity contribution in [1.82, 2.24) is 4.37 Å². The minimum atomic E-state index is 1.24. The predicted molar refractivity (Wildman–Crippen MR) is 54.2 cm³/mol. The zero-order chi connectivity index (χ0) is 8.10. The molecule has 1 rings (SSSR count). The first-order chi connectivity index (χ1) is 5.33. The molecule has 0 saturated heterocycles. The Morgan fingerprint density at radius 1 is 1.73 bits per heavy atom. The van der Waals surface area contributed by atoms with Crippen LogP contribution in [-0.2, 0) is 0 Å². The Hall–Kier alpha value is -0.460. The molecule has 1 aromatic rings. The third-order valence-corrected chi connectivity index (χ3v) is 3.13. The second-order valence-electron chi connectivity index (χ2n) is 2.17. The van der Waals surface area contributed by atoms with Gasteiger partial charge < -0.3 is 0 Å². The zero-order valence-electron chi connectivity index (χ0n) is 6.61. The molecule has 0 radical (unpaired) electrons. The van der Waals surface area contributed by atoms with Gasteiger partial charge in [-0.25, -0.2) is 4.37 Å². The molecule has 0 fully saturated rings. The van der Waals surface area contributed by atoms with E-state index in [9.17, 15) is 0 Å². The van der Waals surface area contributed by atoms with Crippen molar-refractivity contribution in [2.45, 2.75) is 13.8 Å². The molecule has 1 heterocycles. The molecule has 0 N–H and O–H groups in total. The van der Waals surface area contributed by atoms with Gasteiger partial charge in [0.05, 0.1) is 6.20 Å². The van der Waals surface area contributed by atoms with Crippen LogP contribution in [0.4, 0.5) is 0 Å². The van der Waals surface area contributed by atoms with E-state index in [1.54, 1.807) is 0 Å². The average molecular weight is 183 g/mol. The third kappa shape index (κ3) is 2.96. The zero-order valence-corrected chi connectivity index (χ0v) is 8.32. The highest BCUT2D eigenvalue weighted by atomic mass is 32.1. The van der Waals surface area contributed by atoms with Crippen LogP contribution < -0.4 is 5.30 Å². The summed E-state index contributed by atoms with van der Waals surface area (Å²) in [6, 6.07) is 0. The Balaban J connectivity index is 2.63. The van der Waals surface area contributed by atoms with Gasteiger partial charge in [0, 0.05) is 10.7 Å². The number of nitrogens with zero attached hydrogens (tertiary/aromatic N) is 1. The van der Waals surface area contributed by atoms with E-state index in [4.69, 9.17) is 0 Å². The lowest BCUT2D eigenvalue weighted by Crippen LogP contribution is -1.83. The third-order valence-electron chi connectivity index (χ3n) is 1.29. The smallest absolute Gasteiger partial charge is 0.0525 e. The molecule has 58 valence electrons. The van der Waals surface area contributed by atoms with Crippen LogP contribution in [0, 0.1) is 0 Å². The van der Waals surface area contributed by atoms with E-state index in [1.807, 2.05) is 13.1 Å². The summed E-state index contributed by atoms with van der Waals surface area (Å²) in [5.41, 5.74) is 1.32. The highest BCUT2D eigenvalue weighted by molar-refractivity contribution is 7.48. The second kappa shape index (κ2) is 4.42. The van der Waals surface area contributed by atoms with Gasteiger partial charge in [0.15, 0.2) is 0 Å². The minimum Gasteiger partial charge on any atom is -0.200 e. The maximum atomic E-state index is 4.02. The number of rotatable bonds is 2. The van der Waals surface area contributed by atoms with Gasteiger partial charge >= 0.3 is 0 Å². The minimum absolute atomic E-state index is 1.24. The molecular weight excluding hydrogens is 173 g/mol. The van der Waals surface area contributed by atoms with Gasteiger partial charge in [-0.2, -0.15) is 0 Å². The van der Waals surface area contributed by atoms with Crippen LogP contribution in [0.1, 0.15) is 13.8 Å². The Morgan fingerprint density at radius 2 is 2.55 bits per heavy atom. The summed E-state index contributed by atoms with van der Waals surface area (Å²) in [4.78, 5) is 0. The molecule has 0 amide bonds. The summed E-state index contributed by atoms with van der Waals surface area (Å²) in [7, 11) is 1.24. The molecule has 0 aliphatic rings. The molecule has 0 saturated carbocycles. The van der Waals surface area contributed by atoms with Crippen LogP contribution in [0.25, 0.3) is 0 Å². The normalized spacial score (nSPS) is 12.7. The number of allylic oxidation sites excluding steroid dienone is 2. The summed E-state index contributed by atoms with van der Waals surface area (Å²) >= 11 is 1.50. The lowest BCUT2D eigenvalue weighted by Gasteiger charge is -1.84. The Labute approximate surface area is 72.7 Å². The van der Waals surface area contributed by atoms with Crippen LogP contribution in [0.2, 0.25) is 0 Å². The van der Waals surface area contributed by atoms with E-state index in [0.717, 1.165) is 0 Å². The fourth-order valence-electron chi connectivity index (χ4n) is 0.514. The van der Waals surface area contributed by atoms with E-state index in [0.29, 0.717) is 0 Å². The maximum absolute atomic E-state index is 4.02. The summed E-state index contributed by atoms with van der Waals surface area (Å²) in [5, 5.41) is 3.34. The van der Waals surface area contributed by atoms with Gasteiger partial charge in [-0.1, -0.05) is 19.9 Å². The molecule has 0 spiro atoms. The van der Waals surface area contributed by atoms with Gasteiger partial charge in [-0.3, -0.25) is 0 Å². The molecule has 3 heteroatoms. The van der Waals surface area contributed by atoms with Crippen molar-refractivity contribution in [3.63, 3.8) is 0 Å². The SMILES string of the molecule is C/C=C(/C)C=Pc1cnsc1. The van der Waals surface area contributed by atoms with Crippen LogP contribution in [0.15, 0.2) is 23.2 Å². The van der Waals surface area contributed by atoms with Gasteiger partial charge in [0.1, 0.15) is 0 Å². The quantitative estimate of drug-likeness (QED) is 0.642. The highest BCUT2D eigenvalue weighted by Crippen LogP contribution is 2.01. The molecule has 0 atom stereocenters. The number of hydrogen-bond donors (Lipinski definition) is 0. The monoisotopic (exact) mass is 183 g/mol. The fraction of sp³-hybridized carbons (Fsp3) is 0.250. The molecular formula is C8H10NPS. The van der Waals surface area contributed by atoms with E-state index >= 15 is 0 Å². The first-order valence-corrected chi connectivity index (χ1v) is 5.19. The molecule has 1 nitrogen and oxygen atoms in total. The standard InChI is InChI=1S/C8H10NPS/c1-3-7(2)5-10-8-4-9-11-6-8/h3-6H,1-2H3/b7-3-. The summed E-state index contributed by atoms with van der Waals surface area (Å²) < 4.78 is 4.02. The largest absolute Gasteiger partial charge is 0.200 e. The van der Waals surface area contributed by atoms with E-state index in [1.165, 1.54) is 30.6 Å². The highest BCUT2D eigenvalue weighted by Gasteiger charge is 1.86. The van der Waals surface area contributed by atoms with Crippen LogP contribution in [0.5, 0.6) is 0 Å². The lowest BCUT2D eigenvalue weighted by atomic mass is 10.3. The summed E-state index contributed by atoms with van der Waals surface area (Å²) in [6.07, 6.45) is 4.01. The summed E-state index contributed by atoms with van der Waals surface area (Å²) in [6.45, 7) is 4.15. The topological polar surface area (TPSA) is 12.9 Å². The van der Waals surface area contributed by atoms with Gasteiger partial charge in [0.25, 0.3) is 0 Å². The van der Waals surface area contributed by atoms with Crippen molar-refractivity contribution < 1.29 is 0 Å². The average Bonchev–Trinajstić information content (AvgIpc) is 2.52. The molecule has 11 heavy (non-hydrogen) atoms. The van der Waals surface area contributed by atoms with Crippen molar-refractivity contribution >= 4 is 30.8 Å². The molecule has 0 aliphatic carbocycles. The van der Waals surface area contributed by atoms with Crippen molar-refractivity contribution in [3.8, 4) is 0 Å². The van der Waals surface area contributed by atoms with Crippen molar-refractivity contribution in [2.24, 2.45) is 0 Å². The predicted octanol–water partition coefficient (Wildman–Crippen LogP) is 2.48. The van der Waals surface area contributed by atoms with Crippen molar-refractivity contribution in [1.29, 1.82) is 0 Å². The number of aromatic nitrogens is 1. The van der Waals surface area contributed by atoms with Gasteiger partial charge in [-0.05, 0) is 31.2 Å². The number of hydrogen-bond acceptors (Lipinski definition) is 2. The fourth-order valence-corrected chi connectivity index (χ4v) is 2.01. The van der Waals surface area contributed by atoms with Crippen LogP contribution in [0.3, 0.4) is 0 Å². The van der Waals surface area contributed by atoms with Crippen molar-refractivity contribution in [2.75, 3.05) is 0 Å². The van der Waals surface area contributed by atoms with Gasteiger partial charge in [-0.15, -0.1) is 0 Å². The molecule has 0 bridgehead atoms.